The van der Waals surface area contributed by atoms with Gasteiger partial charge in [0.25, 0.3) is 0 Å². The zero-order chi connectivity index (χ0) is 14.5. The van der Waals surface area contributed by atoms with Gasteiger partial charge in [-0.15, -0.1) is 0 Å². The van der Waals surface area contributed by atoms with E-state index in [-0.39, 0.29) is 0 Å². The number of hydrogen-bond donors (Lipinski definition) is 0. The molecule has 2 rings (SSSR count). The van der Waals surface area contributed by atoms with Gasteiger partial charge in [0.05, 0.1) is 14.2 Å². The number of rotatable bonds is 4. The normalized spacial score (nSPS) is 11.8. The largest absolute Gasteiger partial charge is 0.497 e. The van der Waals surface area contributed by atoms with Crippen LogP contribution < -0.4 is 9.47 Å². The lowest BCUT2D eigenvalue weighted by Crippen LogP contribution is -1.88. The van der Waals surface area contributed by atoms with Gasteiger partial charge in [-0.1, -0.05) is 24.3 Å². The van der Waals surface area contributed by atoms with Gasteiger partial charge in [-0.25, -0.2) is 0 Å². The lowest BCUT2D eigenvalue weighted by Gasteiger charge is -2.10. The van der Waals surface area contributed by atoms with E-state index in [1.807, 2.05) is 24.3 Å². The predicted octanol–water partition coefficient (Wildman–Crippen LogP) is 4.65. The minimum absolute atomic E-state index is 0.878. The van der Waals surface area contributed by atoms with Crippen molar-refractivity contribution in [2.75, 3.05) is 14.2 Å². The molecule has 0 aromatic heterocycles. The zero-order valence-electron chi connectivity index (χ0n) is 12.4. The summed E-state index contributed by atoms with van der Waals surface area (Å²) in [6, 6.07) is 16.3. The van der Waals surface area contributed by atoms with Crippen LogP contribution in [0.4, 0.5) is 0 Å². The molecule has 0 aliphatic rings. The Kier molecular flexibility index (Phi) is 4.46. The van der Waals surface area contributed by atoms with E-state index in [4.69, 9.17) is 9.47 Å². The van der Waals surface area contributed by atoms with E-state index in [9.17, 15) is 0 Å². The minimum atomic E-state index is 0.878. The van der Waals surface area contributed by atoms with Crippen molar-refractivity contribution in [1.82, 2.24) is 0 Å². The van der Waals surface area contributed by atoms with Crippen molar-refractivity contribution in [3.05, 3.63) is 59.7 Å². The SMILES string of the molecule is COc1ccc(C(C)=C(C)c2ccc(OC)cc2)cc1. The molecule has 0 spiro atoms. The molecule has 2 aromatic carbocycles. The highest BCUT2D eigenvalue weighted by Gasteiger charge is 2.04. The molecule has 0 saturated heterocycles. The van der Waals surface area contributed by atoms with Crippen LogP contribution in [0.25, 0.3) is 11.1 Å². The highest BCUT2D eigenvalue weighted by Crippen LogP contribution is 2.27. The average Bonchev–Trinajstić information content (AvgIpc) is 2.53. The van der Waals surface area contributed by atoms with Crippen molar-refractivity contribution in [1.29, 1.82) is 0 Å². The molecule has 0 unspecified atom stereocenters. The predicted molar refractivity (Wildman–Crippen MR) is 84.2 cm³/mol. The van der Waals surface area contributed by atoms with Crippen LogP contribution in [0.2, 0.25) is 0 Å². The molecule has 0 saturated carbocycles. The number of methoxy groups -OCH3 is 2. The van der Waals surface area contributed by atoms with Crippen molar-refractivity contribution in [3.8, 4) is 11.5 Å². The lowest BCUT2D eigenvalue weighted by molar-refractivity contribution is 0.414. The summed E-state index contributed by atoms with van der Waals surface area (Å²) in [5, 5.41) is 0. The molecule has 0 amide bonds. The van der Waals surface area contributed by atoms with Crippen molar-refractivity contribution < 1.29 is 9.47 Å². The van der Waals surface area contributed by atoms with E-state index < -0.39 is 0 Å². The van der Waals surface area contributed by atoms with Gasteiger partial charge in [-0.2, -0.15) is 0 Å². The Labute approximate surface area is 120 Å². The molecule has 2 aromatic rings. The maximum absolute atomic E-state index is 5.19. The lowest BCUT2D eigenvalue weighted by atomic mass is 9.97. The van der Waals surface area contributed by atoms with Crippen molar-refractivity contribution in [2.45, 2.75) is 13.8 Å². The molecule has 0 aliphatic carbocycles. The fourth-order valence-electron chi connectivity index (χ4n) is 2.12. The fraction of sp³-hybridized carbons (Fsp3) is 0.222. The summed E-state index contributed by atoms with van der Waals surface area (Å²) in [5.41, 5.74) is 4.94. The zero-order valence-corrected chi connectivity index (χ0v) is 12.4. The highest BCUT2D eigenvalue weighted by atomic mass is 16.5. The molecule has 104 valence electrons. The molecule has 2 heteroatoms. The first-order chi connectivity index (χ1) is 9.65. The molecule has 0 atom stereocenters. The maximum atomic E-state index is 5.19. The monoisotopic (exact) mass is 268 g/mol. The third-order valence-corrected chi connectivity index (χ3v) is 3.61. The second-order valence-corrected chi connectivity index (χ2v) is 4.71. The number of benzene rings is 2. The van der Waals surface area contributed by atoms with Gasteiger partial charge in [0.15, 0.2) is 0 Å². The van der Waals surface area contributed by atoms with Crippen LogP contribution in [0, 0.1) is 0 Å². The van der Waals surface area contributed by atoms with Gasteiger partial charge >= 0.3 is 0 Å². The fourth-order valence-corrected chi connectivity index (χ4v) is 2.12. The first-order valence-electron chi connectivity index (χ1n) is 6.62. The molecular weight excluding hydrogens is 248 g/mol. The van der Waals surface area contributed by atoms with Gasteiger partial charge in [0, 0.05) is 0 Å². The number of hydrogen-bond acceptors (Lipinski definition) is 2. The van der Waals surface area contributed by atoms with Crippen LogP contribution >= 0.6 is 0 Å². The Hall–Kier alpha value is -2.22. The highest BCUT2D eigenvalue weighted by molar-refractivity contribution is 5.88. The van der Waals surface area contributed by atoms with Crippen molar-refractivity contribution in [3.63, 3.8) is 0 Å². The molecule has 0 aliphatic heterocycles. The Morgan fingerprint density at radius 1 is 0.600 bits per heavy atom. The Balaban J connectivity index is 2.32. The molecule has 0 bridgehead atoms. The van der Waals surface area contributed by atoms with Gasteiger partial charge in [0.2, 0.25) is 0 Å². The van der Waals surface area contributed by atoms with Crippen LogP contribution in [-0.4, -0.2) is 14.2 Å². The van der Waals surface area contributed by atoms with Gasteiger partial charge in [0.1, 0.15) is 11.5 Å². The van der Waals surface area contributed by atoms with Crippen molar-refractivity contribution >= 4 is 11.1 Å². The molecule has 0 N–H and O–H groups in total. The topological polar surface area (TPSA) is 18.5 Å². The summed E-state index contributed by atoms with van der Waals surface area (Å²) in [6.07, 6.45) is 0. The Morgan fingerprint density at radius 2 is 0.900 bits per heavy atom. The van der Waals surface area contributed by atoms with Crippen LogP contribution in [0.5, 0.6) is 11.5 Å². The van der Waals surface area contributed by atoms with E-state index in [1.165, 1.54) is 22.3 Å². The second-order valence-electron chi connectivity index (χ2n) is 4.71. The summed E-state index contributed by atoms with van der Waals surface area (Å²) in [7, 11) is 3.36. The molecule has 0 heterocycles. The van der Waals surface area contributed by atoms with E-state index in [2.05, 4.69) is 38.1 Å². The third kappa shape index (κ3) is 3.02. The molecular formula is C18H20O2. The smallest absolute Gasteiger partial charge is 0.118 e. The van der Waals surface area contributed by atoms with Gasteiger partial charge < -0.3 is 9.47 Å². The molecule has 2 nitrogen and oxygen atoms in total. The Bertz CT molecular complexity index is 537. The van der Waals surface area contributed by atoms with E-state index in [1.54, 1.807) is 14.2 Å². The summed E-state index contributed by atoms with van der Waals surface area (Å²) in [6.45, 7) is 4.28. The van der Waals surface area contributed by atoms with E-state index in [0.717, 1.165) is 11.5 Å². The van der Waals surface area contributed by atoms with Crippen LogP contribution in [-0.2, 0) is 0 Å². The van der Waals surface area contributed by atoms with Gasteiger partial charge in [-0.3, -0.25) is 0 Å². The van der Waals surface area contributed by atoms with Crippen LogP contribution in [0.15, 0.2) is 48.5 Å². The van der Waals surface area contributed by atoms with Gasteiger partial charge in [-0.05, 0) is 60.4 Å². The summed E-state index contributed by atoms with van der Waals surface area (Å²) >= 11 is 0. The average molecular weight is 268 g/mol. The first-order valence-corrected chi connectivity index (χ1v) is 6.62. The molecule has 0 radical (unpaired) electrons. The minimum Gasteiger partial charge on any atom is -0.497 e. The summed E-state index contributed by atoms with van der Waals surface area (Å²) in [5.74, 6) is 1.76. The summed E-state index contributed by atoms with van der Waals surface area (Å²) < 4.78 is 10.4. The van der Waals surface area contributed by atoms with E-state index in [0.29, 0.717) is 0 Å². The number of allylic oxidation sites excluding steroid dienone is 2. The standard InChI is InChI=1S/C18H20O2/c1-13(15-5-9-17(19-3)10-6-15)14(2)16-7-11-18(20-4)12-8-16/h5-12H,1-4H3. The molecule has 20 heavy (non-hydrogen) atoms. The van der Waals surface area contributed by atoms with Crippen LogP contribution in [0.3, 0.4) is 0 Å². The van der Waals surface area contributed by atoms with Crippen molar-refractivity contribution in [2.24, 2.45) is 0 Å². The quantitative estimate of drug-likeness (QED) is 0.751. The van der Waals surface area contributed by atoms with E-state index >= 15 is 0 Å². The summed E-state index contributed by atoms with van der Waals surface area (Å²) in [4.78, 5) is 0. The second kappa shape index (κ2) is 6.29. The third-order valence-electron chi connectivity index (χ3n) is 3.61. The molecule has 0 fully saturated rings. The Morgan fingerprint density at radius 3 is 1.15 bits per heavy atom. The maximum Gasteiger partial charge on any atom is 0.118 e. The van der Waals surface area contributed by atoms with Crippen LogP contribution in [0.1, 0.15) is 25.0 Å². The number of ether oxygens (including phenoxy) is 2. The first kappa shape index (κ1) is 14.2.